The van der Waals surface area contributed by atoms with Crippen LogP contribution in [0.15, 0.2) is 0 Å². The summed E-state index contributed by atoms with van der Waals surface area (Å²) < 4.78 is 27.2. The van der Waals surface area contributed by atoms with Gasteiger partial charge in [-0.05, 0) is 26.2 Å². The summed E-state index contributed by atoms with van der Waals surface area (Å²) >= 11 is 0. The fourth-order valence-corrected chi connectivity index (χ4v) is 2.78. The van der Waals surface area contributed by atoms with Crippen LogP contribution in [0.3, 0.4) is 0 Å². The van der Waals surface area contributed by atoms with Gasteiger partial charge in [0.05, 0.1) is 19.8 Å². The number of rotatable bonds is 15. The SMILES string of the molecule is CC(=O)CCCOP(=O)(NC(=O)OCCCC(=O)O)OCCCC(=O)O. The van der Waals surface area contributed by atoms with Gasteiger partial charge in [0.2, 0.25) is 0 Å². The van der Waals surface area contributed by atoms with E-state index in [1.807, 2.05) is 5.09 Å². The van der Waals surface area contributed by atoms with Gasteiger partial charge in [-0.1, -0.05) is 0 Å². The first-order valence-corrected chi connectivity index (χ1v) is 9.46. The highest BCUT2D eigenvalue weighted by molar-refractivity contribution is 7.52. The van der Waals surface area contributed by atoms with Crippen LogP contribution in [0.5, 0.6) is 0 Å². The molecule has 0 rings (SSSR count). The Bertz CT molecular complexity index is 510. The molecule has 0 fully saturated rings. The number of ether oxygens (including phenoxy) is 1. The summed E-state index contributed by atoms with van der Waals surface area (Å²) in [4.78, 5) is 43.3. The molecule has 1 amide bonds. The normalized spacial score (nSPS) is 12.8. The minimum Gasteiger partial charge on any atom is -0.481 e. The predicted octanol–water partition coefficient (Wildman–Crippen LogP) is 1.95. The van der Waals surface area contributed by atoms with Crippen LogP contribution in [0.2, 0.25) is 0 Å². The second kappa shape index (κ2) is 13.3. The van der Waals surface area contributed by atoms with E-state index in [0.29, 0.717) is 0 Å². The lowest BCUT2D eigenvalue weighted by molar-refractivity contribution is -0.138. The van der Waals surface area contributed by atoms with Gasteiger partial charge >= 0.3 is 25.8 Å². The molecule has 1 unspecified atom stereocenters. The lowest BCUT2D eigenvalue weighted by atomic mass is 10.2. The maximum atomic E-state index is 12.5. The zero-order valence-corrected chi connectivity index (χ0v) is 15.4. The monoisotopic (exact) mass is 397 g/mol. The molecule has 0 aliphatic rings. The van der Waals surface area contributed by atoms with Crippen LogP contribution in [0, 0.1) is 0 Å². The molecule has 0 aromatic heterocycles. The highest BCUT2D eigenvalue weighted by atomic mass is 31.2. The van der Waals surface area contributed by atoms with Gasteiger partial charge < -0.3 is 19.7 Å². The van der Waals surface area contributed by atoms with E-state index in [4.69, 9.17) is 19.3 Å². The molecule has 0 saturated carbocycles. The average molecular weight is 397 g/mol. The standard InChI is InChI=1S/C14H24NO10P/c1-11(16)5-2-9-24-26(22,25-10-4-7-13(19)20)15-14(21)23-8-3-6-12(17)18/h2-10H2,1H3,(H,17,18)(H,19,20)(H,15,21,22). The zero-order chi connectivity index (χ0) is 20.0. The van der Waals surface area contributed by atoms with Crippen molar-refractivity contribution in [2.45, 2.75) is 45.4 Å². The van der Waals surface area contributed by atoms with Crippen LogP contribution in [0.25, 0.3) is 0 Å². The molecule has 0 aliphatic heterocycles. The van der Waals surface area contributed by atoms with Crippen molar-refractivity contribution in [1.29, 1.82) is 0 Å². The molecule has 1 atom stereocenters. The fraction of sp³-hybridized carbons (Fsp3) is 0.714. The summed E-state index contributed by atoms with van der Waals surface area (Å²) in [6.45, 7) is 0.806. The number of nitrogens with one attached hydrogen (secondary N) is 1. The molecular weight excluding hydrogens is 373 g/mol. The third kappa shape index (κ3) is 14.4. The molecular formula is C14H24NO10P. The smallest absolute Gasteiger partial charge is 0.437 e. The van der Waals surface area contributed by atoms with Crippen LogP contribution in [-0.4, -0.2) is 53.8 Å². The Morgan fingerprint density at radius 1 is 0.846 bits per heavy atom. The number of carboxylic acids is 2. The first kappa shape index (κ1) is 24.0. The van der Waals surface area contributed by atoms with Crippen LogP contribution >= 0.6 is 7.75 Å². The van der Waals surface area contributed by atoms with Crippen molar-refractivity contribution in [3.05, 3.63) is 0 Å². The molecule has 0 heterocycles. The molecule has 0 spiro atoms. The van der Waals surface area contributed by atoms with Gasteiger partial charge in [0.1, 0.15) is 5.78 Å². The van der Waals surface area contributed by atoms with Crippen molar-refractivity contribution >= 4 is 31.6 Å². The van der Waals surface area contributed by atoms with Gasteiger partial charge in [0.15, 0.2) is 0 Å². The highest BCUT2D eigenvalue weighted by Crippen LogP contribution is 2.44. The molecule has 0 radical (unpaired) electrons. The number of aliphatic carboxylic acids is 2. The minimum atomic E-state index is -4.11. The van der Waals surface area contributed by atoms with Crippen molar-refractivity contribution < 1.29 is 47.7 Å². The summed E-state index contributed by atoms with van der Waals surface area (Å²) in [5.74, 6) is -2.19. The summed E-state index contributed by atoms with van der Waals surface area (Å²) in [6.07, 6.45) is -0.964. The van der Waals surface area contributed by atoms with E-state index in [1.165, 1.54) is 6.92 Å². The van der Waals surface area contributed by atoms with Crippen molar-refractivity contribution in [1.82, 2.24) is 5.09 Å². The van der Waals surface area contributed by atoms with Gasteiger partial charge in [0.25, 0.3) is 0 Å². The van der Waals surface area contributed by atoms with Gasteiger partial charge in [-0.3, -0.25) is 18.6 Å². The Kier molecular flexibility index (Phi) is 12.3. The number of carbonyl (C=O) groups excluding carboxylic acids is 2. The Hall–Kier alpha value is -1.97. The Morgan fingerprint density at radius 2 is 1.31 bits per heavy atom. The average Bonchev–Trinajstić information content (AvgIpc) is 2.52. The van der Waals surface area contributed by atoms with Crippen LogP contribution < -0.4 is 5.09 Å². The summed E-state index contributed by atoms with van der Waals surface area (Å²) in [5, 5.41) is 19.0. The molecule has 150 valence electrons. The highest BCUT2D eigenvalue weighted by Gasteiger charge is 2.28. The maximum Gasteiger partial charge on any atom is 0.437 e. The van der Waals surface area contributed by atoms with Crippen LogP contribution in [0.4, 0.5) is 4.79 Å². The van der Waals surface area contributed by atoms with Gasteiger partial charge in [-0.2, -0.15) is 0 Å². The van der Waals surface area contributed by atoms with E-state index >= 15 is 0 Å². The van der Waals surface area contributed by atoms with E-state index in [2.05, 4.69) is 4.74 Å². The van der Waals surface area contributed by atoms with E-state index < -0.39 is 25.8 Å². The minimum absolute atomic E-state index is 0.0471. The number of carboxylic acid groups (broad SMARTS) is 2. The topological polar surface area (TPSA) is 166 Å². The van der Waals surface area contributed by atoms with Crippen molar-refractivity contribution in [3.63, 3.8) is 0 Å². The molecule has 0 aliphatic carbocycles. The number of Topliss-reactive ketones (excluding diaryl/α,β-unsaturated/α-hetero) is 1. The predicted molar refractivity (Wildman–Crippen MR) is 87.6 cm³/mol. The molecule has 3 N–H and O–H groups in total. The number of carbonyl (C=O) groups is 4. The molecule has 0 aromatic carbocycles. The van der Waals surface area contributed by atoms with Gasteiger partial charge in [-0.15, -0.1) is 0 Å². The van der Waals surface area contributed by atoms with E-state index in [-0.39, 0.29) is 64.1 Å². The summed E-state index contributed by atoms with van der Waals surface area (Å²) in [5.41, 5.74) is 0. The molecule has 0 saturated heterocycles. The second-order valence-electron chi connectivity index (χ2n) is 5.21. The number of hydrogen-bond donors (Lipinski definition) is 3. The Balaban J connectivity index is 4.46. The van der Waals surface area contributed by atoms with Crippen LogP contribution in [-0.2, 0) is 32.7 Å². The first-order valence-electron chi connectivity index (χ1n) is 7.92. The van der Waals surface area contributed by atoms with Crippen LogP contribution in [0.1, 0.15) is 45.4 Å². The maximum absolute atomic E-state index is 12.5. The zero-order valence-electron chi connectivity index (χ0n) is 14.5. The van der Waals surface area contributed by atoms with Gasteiger partial charge in [0, 0.05) is 19.3 Å². The third-order valence-corrected chi connectivity index (χ3v) is 4.23. The molecule has 0 bridgehead atoms. The largest absolute Gasteiger partial charge is 0.481 e. The summed E-state index contributed by atoms with van der Waals surface area (Å²) in [6, 6.07) is 0. The second-order valence-corrected chi connectivity index (χ2v) is 6.95. The Morgan fingerprint density at radius 3 is 1.77 bits per heavy atom. The molecule has 12 heteroatoms. The third-order valence-electron chi connectivity index (χ3n) is 2.73. The first-order chi connectivity index (χ1) is 12.1. The molecule has 11 nitrogen and oxygen atoms in total. The van der Waals surface area contributed by atoms with E-state index in [9.17, 15) is 23.7 Å². The van der Waals surface area contributed by atoms with Gasteiger partial charge in [-0.25, -0.2) is 14.4 Å². The fourth-order valence-electron chi connectivity index (χ4n) is 1.55. The lowest BCUT2D eigenvalue weighted by Gasteiger charge is -2.18. The number of hydrogen-bond acceptors (Lipinski definition) is 8. The van der Waals surface area contributed by atoms with E-state index in [1.54, 1.807) is 0 Å². The van der Waals surface area contributed by atoms with Crippen molar-refractivity contribution in [2.75, 3.05) is 19.8 Å². The molecule has 0 aromatic rings. The summed E-state index contributed by atoms with van der Waals surface area (Å²) in [7, 11) is -4.11. The van der Waals surface area contributed by atoms with Crippen molar-refractivity contribution in [3.8, 4) is 0 Å². The lowest BCUT2D eigenvalue weighted by Crippen LogP contribution is -2.25. The van der Waals surface area contributed by atoms with Crippen molar-refractivity contribution in [2.24, 2.45) is 0 Å². The van der Waals surface area contributed by atoms with E-state index in [0.717, 1.165) is 0 Å². The number of ketones is 1. The molecule has 26 heavy (non-hydrogen) atoms. The number of amides is 1. The quantitative estimate of drug-likeness (QED) is 0.274. The Labute approximate surface area is 150 Å².